The van der Waals surface area contributed by atoms with Crippen molar-refractivity contribution in [3.8, 4) is 0 Å². The van der Waals surface area contributed by atoms with Gasteiger partial charge in [-0.1, -0.05) is 19.9 Å². The van der Waals surface area contributed by atoms with Gasteiger partial charge in [0.2, 0.25) is 5.91 Å². The molecule has 1 N–H and O–H groups in total. The van der Waals surface area contributed by atoms with Gasteiger partial charge in [-0.05, 0) is 38.9 Å². The number of hydrogen-bond donors (Lipinski definition) is 1. The number of pyridine rings is 1. The standard InChI is InChI=1S/C16H25N3O2/c1-11(2)16(13(4)20)18-15(21)10-19(5)9-14-8-6-7-12(3)17-14/h6-8,11,16H,9-10H2,1-5H3,(H,18,21). The number of likely N-dealkylation sites (N-methyl/N-ethyl adjacent to an activating group) is 1. The van der Waals surface area contributed by atoms with Crippen LogP contribution in [0, 0.1) is 12.8 Å². The third-order valence-corrected chi connectivity index (χ3v) is 3.21. The summed E-state index contributed by atoms with van der Waals surface area (Å²) in [6.45, 7) is 8.13. The summed E-state index contributed by atoms with van der Waals surface area (Å²) in [7, 11) is 1.86. The molecule has 1 aromatic heterocycles. The van der Waals surface area contributed by atoms with E-state index in [2.05, 4.69) is 10.3 Å². The first kappa shape index (κ1) is 17.3. The van der Waals surface area contributed by atoms with Crippen molar-refractivity contribution in [1.82, 2.24) is 15.2 Å². The summed E-state index contributed by atoms with van der Waals surface area (Å²) in [6, 6.07) is 5.42. The molecule has 0 aliphatic carbocycles. The van der Waals surface area contributed by atoms with Gasteiger partial charge in [-0.3, -0.25) is 19.5 Å². The summed E-state index contributed by atoms with van der Waals surface area (Å²) < 4.78 is 0. The van der Waals surface area contributed by atoms with Crippen LogP contribution in [0.4, 0.5) is 0 Å². The number of carbonyl (C=O) groups excluding carboxylic acids is 2. The van der Waals surface area contributed by atoms with E-state index in [1.54, 1.807) is 0 Å². The lowest BCUT2D eigenvalue weighted by atomic mass is 10.0. The minimum atomic E-state index is -0.414. The van der Waals surface area contributed by atoms with Crippen LogP contribution in [0.3, 0.4) is 0 Å². The number of rotatable bonds is 7. The zero-order chi connectivity index (χ0) is 16.0. The van der Waals surface area contributed by atoms with E-state index in [9.17, 15) is 9.59 Å². The van der Waals surface area contributed by atoms with E-state index < -0.39 is 6.04 Å². The molecule has 0 radical (unpaired) electrons. The van der Waals surface area contributed by atoms with Gasteiger partial charge in [-0.25, -0.2) is 0 Å². The highest BCUT2D eigenvalue weighted by Gasteiger charge is 2.21. The molecule has 0 bridgehead atoms. The van der Waals surface area contributed by atoms with Gasteiger partial charge in [-0.15, -0.1) is 0 Å². The van der Waals surface area contributed by atoms with Crippen molar-refractivity contribution in [3.63, 3.8) is 0 Å². The number of aryl methyl sites for hydroxylation is 1. The lowest BCUT2D eigenvalue weighted by Crippen LogP contribution is -2.46. The predicted molar refractivity (Wildman–Crippen MR) is 82.8 cm³/mol. The Kier molecular flexibility index (Phi) is 6.49. The van der Waals surface area contributed by atoms with Crippen LogP contribution in [0.5, 0.6) is 0 Å². The Morgan fingerprint density at radius 1 is 1.33 bits per heavy atom. The van der Waals surface area contributed by atoms with E-state index in [4.69, 9.17) is 0 Å². The maximum Gasteiger partial charge on any atom is 0.234 e. The average Bonchev–Trinajstić information content (AvgIpc) is 2.34. The molecule has 0 aromatic carbocycles. The monoisotopic (exact) mass is 291 g/mol. The summed E-state index contributed by atoms with van der Waals surface area (Å²) in [5.74, 6) is -0.0596. The quantitative estimate of drug-likeness (QED) is 0.828. The van der Waals surface area contributed by atoms with Crippen LogP contribution in [0.2, 0.25) is 0 Å². The van der Waals surface area contributed by atoms with E-state index >= 15 is 0 Å². The van der Waals surface area contributed by atoms with Gasteiger partial charge in [0.1, 0.15) is 0 Å². The minimum Gasteiger partial charge on any atom is -0.345 e. The number of nitrogens with zero attached hydrogens (tertiary/aromatic N) is 2. The molecule has 0 saturated carbocycles. The van der Waals surface area contributed by atoms with Crippen LogP contribution < -0.4 is 5.32 Å². The van der Waals surface area contributed by atoms with Gasteiger partial charge in [0.15, 0.2) is 5.78 Å². The smallest absolute Gasteiger partial charge is 0.234 e. The number of Topliss-reactive ketones (excluding diaryl/α,β-unsaturated/α-hetero) is 1. The Morgan fingerprint density at radius 2 is 2.00 bits per heavy atom. The zero-order valence-electron chi connectivity index (χ0n) is 13.5. The number of hydrogen-bond acceptors (Lipinski definition) is 4. The molecular weight excluding hydrogens is 266 g/mol. The van der Waals surface area contributed by atoms with Crippen LogP contribution >= 0.6 is 0 Å². The third kappa shape index (κ3) is 6.04. The van der Waals surface area contributed by atoms with E-state index in [-0.39, 0.29) is 24.2 Å². The van der Waals surface area contributed by atoms with Crippen molar-refractivity contribution in [2.24, 2.45) is 5.92 Å². The molecule has 1 heterocycles. The van der Waals surface area contributed by atoms with Gasteiger partial charge >= 0.3 is 0 Å². The second kappa shape index (κ2) is 7.88. The first-order valence-corrected chi connectivity index (χ1v) is 7.20. The summed E-state index contributed by atoms with van der Waals surface area (Å²) in [4.78, 5) is 29.8. The lowest BCUT2D eigenvalue weighted by molar-refractivity contribution is -0.128. The summed E-state index contributed by atoms with van der Waals surface area (Å²) in [5, 5.41) is 2.79. The second-order valence-electron chi connectivity index (χ2n) is 5.84. The molecule has 5 nitrogen and oxygen atoms in total. The van der Waals surface area contributed by atoms with Gasteiger partial charge in [-0.2, -0.15) is 0 Å². The Hall–Kier alpha value is -1.75. The fourth-order valence-corrected chi connectivity index (χ4v) is 2.22. The summed E-state index contributed by atoms with van der Waals surface area (Å²) in [5.41, 5.74) is 1.89. The highest BCUT2D eigenvalue weighted by atomic mass is 16.2. The Balaban J connectivity index is 2.52. The molecule has 0 aliphatic rings. The predicted octanol–water partition coefficient (Wildman–Crippen LogP) is 1.55. The number of carbonyl (C=O) groups is 2. The van der Waals surface area contributed by atoms with E-state index in [1.807, 2.05) is 50.9 Å². The molecule has 0 fully saturated rings. The number of amides is 1. The molecule has 0 saturated heterocycles. The highest BCUT2D eigenvalue weighted by molar-refractivity contribution is 5.88. The van der Waals surface area contributed by atoms with Crippen LogP contribution in [-0.2, 0) is 16.1 Å². The van der Waals surface area contributed by atoms with Gasteiger partial charge in [0.25, 0.3) is 0 Å². The molecule has 1 amide bonds. The SMILES string of the molecule is CC(=O)C(NC(=O)CN(C)Cc1cccc(C)n1)C(C)C. The van der Waals surface area contributed by atoms with Gasteiger partial charge < -0.3 is 5.32 Å². The highest BCUT2D eigenvalue weighted by Crippen LogP contribution is 2.04. The first-order chi connectivity index (χ1) is 9.79. The topological polar surface area (TPSA) is 62.3 Å². The fraction of sp³-hybridized carbons (Fsp3) is 0.562. The first-order valence-electron chi connectivity index (χ1n) is 7.20. The van der Waals surface area contributed by atoms with Crippen LogP contribution in [0.15, 0.2) is 18.2 Å². The fourth-order valence-electron chi connectivity index (χ4n) is 2.22. The zero-order valence-corrected chi connectivity index (χ0v) is 13.5. The maximum absolute atomic E-state index is 12.0. The second-order valence-corrected chi connectivity index (χ2v) is 5.84. The van der Waals surface area contributed by atoms with E-state index in [1.165, 1.54) is 6.92 Å². The van der Waals surface area contributed by atoms with Crippen molar-refractivity contribution < 1.29 is 9.59 Å². The summed E-state index contributed by atoms with van der Waals surface area (Å²) >= 11 is 0. The van der Waals surface area contributed by atoms with Crippen molar-refractivity contribution >= 4 is 11.7 Å². The maximum atomic E-state index is 12.0. The number of ketones is 1. The van der Waals surface area contributed by atoms with Crippen molar-refractivity contribution in [2.75, 3.05) is 13.6 Å². The van der Waals surface area contributed by atoms with Crippen LogP contribution in [0.25, 0.3) is 0 Å². The molecule has 1 aromatic rings. The Bertz CT molecular complexity index is 500. The molecule has 0 spiro atoms. The number of aromatic nitrogens is 1. The van der Waals surface area contributed by atoms with Gasteiger partial charge in [0, 0.05) is 12.2 Å². The third-order valence-electron chi connectivity index (χ3n) is 3.21. The van der Waals surface area contributed by atoms with Crippen LogP contribution in [-0.4, -0.2) is 41.2 Å². The molecule has 1 unspecified atom stereocenters. The van der Waals surface area contributed by atoms with Crippen LogP contribution in [0.1, 0.15) is 32.2 Å². The lowest BCUT2D eigenvalue weighted by Gasteiger charge is -2.22. The number of nitrogens with one attached hydrogen (secondary N) is 1. The summed E-state index contributed by atoms with van der Waals surface area (Å²) in [6.07, 6.45) is 0. The normalized spacial score (nSPS) is 12.5. The largest absolute Gasteiger partial charge is 0.345 e. The Labute approximate surface area is 126 Å². The molecule has 116 valence electrons. The molecule has 5 heteroatoms. The Morgan fingerprint density at radius 3 is 2.52 bits per heavy atom. The molecular formula is C16H25N3O2. The molecule has 1 atom stereocenters. The molecule has 0 aliphatic heterocycles. The average molecular weight is 291 g/mol. The van der Waals surface area contributed by atoms with Crippen molar-refractivity contribution in [1.29, 1.82) is 0 Å². The molecule has 1 rings (SSSR count). The van der Waals surface area contributed by atoms with E-state index in [0.29, 0.717) is 6.54 Å². The van der Waals surface area contributed by atoms with Crippen molar-refractivity contribution in [3.05, 3.63) is 29.6 Å². The minimum absolute atomic E-state index is 0.0126. The van der Waals surface area contributed by atoms with Gasteiger partial charge in [0.05, 0.1) is 18.3 Å². The van der Waals surface area contributed by atoms with Crippen molar-refractivity contribution in [2.45, 2.75) is 40.3 Å². The van der Waals surface area contributed by atoms with E-state index in [0.717, 1.165) is 11.4 Å². The molecule has 21 heavy (non-hydrogen) atoms.